The van der Waals surface area contributed by atoms with Gasteiger partial charge in [-0.1, -0.05) is 117 Å². The molecule has 1 saturated heterocycles. The molecule has 0 amide bonds. The Hall–Kier alpha value is -1.14. The zero-order chi connectivity index (χ0) is 29.9. The molecule has 0 aliphatic carbocycles. The van der Waals surface area contributed by atoms with Gasteiger partial charge in [-0.2, -0.15) is 0 Å². The Labute approximate surface area is 254 Å². The molecule has 1 fully saturated rings. The number of hydrogen-bond acceptors (Lipinski definition) is 6. The molecule has 6 nitrogen and oxygen atoms in total. The van der Waals surface area contributed by atoms with Crippen LogP contribution in [-0.2, 0) is 23.8 Å². The molecule has 0 radical (unpaired) electrons. The number of carbonyl (C=O) groups is 2. The molecule has 242 valence electrons. The van der Waals surface area contributed by atoms with Crippen LogP contribution < -0.4 is 0 Å². The molecule has 0 aromatic carbocycles. The number of rotatable bonds is 28. The monoisotopic (exact) mass is 582 g/mol. The van der Waals surface area contributed by atoms with Gasteiger partial charge in [0.2, 0.25) is 0 Å². The number of methoxy groups -OCH3 is 1. The number of carbonyl (C=O) groups excluding carboxylic acids is 2. The Kier molecular flexibility index (Phi) is 24.5. The van der Waals surface area contributed by atoms with Crippen LogP contribution in [-0.4, -0.2) is 63.4 Å². The molecular formula is C35H67NO5. The lowest BCUT2D eigenvalue weighted by atomic mass is 9.79. The molecule has 0 atom stereocenters. The van der Waals surface area contributed by atoms with E-state index in [4.69, 9.17) is 14.2 Å². The van der Waals surface area contributed by atoms with Crippen molar-refractivity contribution in [3.05, 3.63) is 0 Å². The summed E-state index contributed by atoms with van der Waals surface area (Å²) < 4.78 is 16.8. The van der Waals surface area contributed by atoms with Gasteiger partial charge in [0, 0.05) is 38.5 Å². The lowest BCUT2D eigenvalue weighted by Crippen LogP contribution is -2.46. The standard InChI is InChI=1S/C35H67NO5/c1-4-6-8-10-12-14-16-18-20-23-33(37)40-31-35(25-28-36(29-26-35)27-22-30-39-3)32-41-34(38)24-21-19-17-15-13-11-9-7-5-2/h4-32H2,1-3H3. The highest BCUT2D eigenvalue weighted by molar-refractivity contribution is 5.69. The predicted octanol–water partition coefficient (Wildman–Crippen LogP) is 9.03. The number of piperidine rings is 1. The van der Waals surface area contributed by atoms with E-state index in [2.05, 4.69) is 18.7 Å². The van der Waals surface area contributed by atoms with Gasteiger partial charge in [0.1, 0.15) is 13.2 Å². The fourth-order valence-electron chi connectivity index (χ4n) is 5.79. The average molecular weight is 582 g/mol. The molecular weight excluding hydrogens is 514 g/mol. The van der Waals surface area contributed by atoms with Crippen LogP contribution in [0.5, 0.6) is 0 Å². The molecule has 1 aliphatic rings. The van der Waals surface area contributed by atoms with E-state index in [1.54, 1.807) is 7.11 Å². The zero-order valence-electron chi connectivity index (χ0n) is 27.5. The van der Waals surface area contributed by atoms with Crippen molar-refractivity contribution in [2.45, 2.75) is 162 Å². The number of hydrogen-bond donors (Lipinski definition) is 0. The molecule has 0 saturated carbocycles. The summed E-state index contributed by atoms with van der Waals surface area (Å²) in [5, 5.41) is 0. The van der Waals surface area contributed by atoms with Gasteiger partial charge < -0.3 is 19.1 Å². The van der Waals surface area contributed by atoms with Gasteiger partial charge >= 0.3 is 11.9 Å². The Bertz CT molecular complexity index is 578. The minimum atomic E-state index is -0.264. The van der Waals surface area contributed by atoms with Crippen molar-refractivity contribution in [3.63, 3.8) is 0 Å². The van der Waals surface area contributed by atoms with Crippen molar-refractivity contribution in [1.29, 1.82) is 0 Å². The second-order valence-electron chi connectivity index (χ2n) is 12.7. The fourth-order valence-corrected chi connectivity index (χ4v) is 5.79. The van der Waals surface area contributed by atoms with E-state index >= 15 is 0 Å². The molecule has 0 aromatic rings. The minimum absolute atomic E-state index is 0.101. The van der Waals surface area contributed by atoms with E-state index < -0.39 is 0 Å². The molecule has 0 spiro atoms. The Morgan fingerprint density at radius 2 is 0.976 bits per heavy atom. The quantitative estimate of drug-likeness (QED) is 0.0678. The van der Waals surface area contributed by atoms with E-state index in [9.17, 15) is 9.59 Å². The van der Waals surface area contributed by atoms with E-state index in [-0.39, 0.29) is 17.4 Å². The Morgan fingerprint density at radius 3 is 1.37 bits per heavy atom. The van der Waals surface area contributed by atoms with Gasteiger partial charge in [-0.05, 0) is 45.2 Å². The van der Waals surface area contributed by atoms with E-state index in [0.29, 0.717) is 26.1 Å². The van der Waals surface area contributed by atoms with Crippen molar-refractivity contribution in [2.24, 2.45) is 5.41 Å². The van der Waals surface area contributed by atoms with Gasteiger partial charge in [-0.15, -0.1) is 0 Å². The van der Waals surface area contributed by atoms with Crippen molar-refractivity contribution in [3.8, 4) is 0 Å². The van der Waals surface area contributed by atoms with Crippen molar-refractivity contribution >= 4 is 11.9 Å². The third kappa shape index (κ3) is 21.2. The second-order valence-corrected chi connectivity index (χ2v) is 12.7. The highest BCUT2D eigenvalue weighted by Crippen LogP contribution is 2.33. The normalized spacial score (nSPS) is 15.2. The number of unbranched alkanes of at least 4 members (excludes halogenated alkanes) is 16. The van der Waals surface area contributed by atoms with Crippen LogP contribution in [0.15, 0.2) is 0 Å². The summed E-state index contributed by atoms with van der Waals surface area (Å²) in [6, 6.07) is 0. The maximum atomic E-state index is 12.6. The largest absolute Gasteiger partial charge is 0.465 e. The van der Waals surface area contributed by atoms with Crippen LogP contribution in [0.2, 0.25) is 0 Å². The zero-order valence-corrected chi connectivity index (χ0v) is 27.5. The molecule has 1 rings (SSSR count). The van der Waals surface area contributed by atoms with Crippen LogP contribution in [0.1, 0.15) is 162 Å². The molecule has 0 aromatic heterocycles. The first-order valence-corrected chi connectivity index (χ1v) is 17.6. The van der Waals surface area contributed by atoms with Crippen LogP contribution in [0, 0.1) is 5.41 Å². The van der Waals surface area contributed by atoms with Crippen LogP contribution in [0.25, 0.3) is 0 Å². The van der Waals surface area contributed by atoms with E-state index in [1.165, 1.54) is 89.9 Å². The SMILES string of the molecule is CCCCCCCCCCCC(=O)OCC1(COC(=O)CCCCCCCCCCC)CCN(CCCOC)CC1. The maximum absolute atomic E-state index is 12.6. The van der Waals surface area contributed by atoms with Gasteiger partial charge in [0.05, 0.1) is 0 Å². The van der Waals surface area contributed by atoms with E-state index in [0.717, 1.165) is 71.2 Å². The van der Waals surface area contributed by atoms with Crippen LogP contribution in [0.3, 0.4) is 0 Å². The van der Waals surface area contributed by atoms with Crippen molar-refractivity contribution < 1.29 is 23.8 Å². The van der Waals surface area contributed by atoms with Crippen molar-refractivity contribution in [2.75, 3.05) is 46.6 Å². The molecule has 41 heavy (non-hydrogen) atoms. The summed E-state index contributed by atoms with van der Waals surface area (Å²) in [6.07, 6.45) is 26.0. The maximum Gasteiger partial charge on any atom is 0.305 e. The molecule has 6 heteroatoms. The Morgan fingerprint density at radius 1 is 0.585 bits per heavy atom. The lowest BCUT2D eigenvalue weighted by Gasteiger charge is -2.40. The first-order chi connectivity index (χ1) is 20.0. The summed E-state index contributed by atoms with van der Waals surface area (Å²) in [4.78, 5) is 27.6. The fraction of sp³-hybridized carbons (Fsp3) is 0.943. The second kappa shape index (κ2) is 26.5. The Balaban J connectivity index is 2.34. The van der Waals surface area contributed by atoms with Gasteiger partial charge in [-0.25, -0.2) is 0 Å². The van der Waals surface area contributed by atoms with Crippen molar-refractivity contribution in [1.82, 2.24) is 4.90 Å². The molecule has 0 N–H and O–H groups in total. The first-order valence-electron chi connectivity index (χ1n) is 17.6. The van der Waals surface area contributed by atoms with E-state index in [1.807, 2.05) is 0 Å². The number of esters is 2. The highest BCUT2D eigenvalue weighted by atomic mass is 16.5. The molecule has 0 bridgehead atoms. The van der Waals surface area contributed by atoms with Crippen LogP contribution in [0.4, 0.5) is 0 Å². The summed E-state index contributed by atoms with van der Waals surface area (Å²) in [7, 11) is 1.74. The number of nitrogens with zero attached hydrogens (tertiary/aromatic N) is 1. The predicted molar refractivity (Wildman–Crippen MR) is 170 cm³/mol. The third-order valence-corrected chi connectivity index (χ3v) is 8.79. The van der Waals surface area contributed by atoms with Gasteiger partial charge in [0.15, 0.2) is 0 Å². The molecule has 1 aliphatic heterocycles. The lowest BCUT2D eigenvalue weighted by molar-refractivity contribution is -0.157. The minimum Gasteiger partial charge on any atom is -0.465 e. The summed E-state index contributed by atoms with van der Waals surface area (Å²) >= 11 is 0. The number of ether oxygens (including phenoxy) is 3. The molecule has 0 unspecified atom stereocenters. The summed E-state index contributed by atoms with van der Waals surface area (Å²) in [6.45, 7) is 8.89. The third-order valence-electron chi connectivity index (χ3n) is 8.79. The first kappa shape index (κ1) is 37.9. The highest BCUT2D eigenvalue weighted by Gasteiger charge is 2.37. The topological polar surface area (TPSA) is 65.1 Å². The average Bonchev–Trinajstić information content (AvgIpc) is 2.98. The van der Waals surface area contributed by atoms with Crippen LogP contribution >= 0.6 is 0 Å². The summed E-state index contributed by atoms with van der Waals surface area (Å²) in [5.41, 5.74) is -0.264. The van der Waals surface area contributed by atoms with Gasteiger partial charge in [-0.3, -0.25) is 9.59 Å². The van der Waals surface area contributed by atoms with Gasteiger partial charge in [0.25, 0.3) is 0 Å². The molecule has 1 heterocycles. The number of likely N-dealkylation sites (tertiary alicyclic amines) is 1. The summed E-state index contributed by atoms with van der Waals surface area (Å²) in [5.74, 6) is -0.202. The smallest absolute Gasteiger partial charge is 0.305 e.